The maximum absolute atomic E-state index is 13.0. The first-order chi connectivity index (χ1) is 16.6. The van der Waals surface area contributed by atoms with Crippen LogP contribution in [0.4, 0.5) is 0 Å². The van der Waals surface area contributed by atoms with Crippen molar-refractivity contribution in [1.82, 2.24) is 4.90 Å². The van der Waals surface area contributed by atoms with E-state index >= 15 is 0 Å². The summed E-state index contributed by atoms with van der Waals surface area (Å²) < 4.78 is 28.3. The minimum atomic E-state index is -0.558. The number of para-hydroxylation sites is 1. The van der Waals surface area contributed by atoms with Crippen LogP contribution in [0.3, 0.4) is 0 Å². The number of methoxy groups -OCH3 is 1. The van der Waals surface area contributed by atoms with Gasteiger partial charge in [-0.1, -0.05) is 12.1 Å². The Bertz CT molecular complexity index is 1510. The molecular weight excluding hydrogens is 438 g/mol. The van der Waals surface area contributed by atoms with E-state index in [1.165, 1.54) is 13.2 Å². The van der Waals surface area contributed by atoms with Gasteiger partial charge in [-0.3, -0.25) is 4.90 Å². The van der Waals surface area contributed by atoms with Crippen LogP contribution in [0.2, 0.25) is 0 Å². The Hall–Kier alpha value is -3.62. The molecule has 0 saturated carbocycles. The smallest absolute Gasteiger partial charge is 0.344 e. The van der Waals surface area contributed by atoms with E-state index in [-0.39, 0.29) is 11.7 Å². The van der Waals surface area contributed by atoms with E-state index < -0.39 is 11.3 Å². The van der Waals surface area contributed by atoms with Crippen LogP contribution in [0, 0.1) is 0 Å². The molecule has 1 atom stereocenters. The van der Waals surface area contributed by atoms with Crippen LogP contribution in [0.5, 0.6) is 11.5 Å². The van der Waals surface area contributed by atoms with Gasteiger partial charge in [0, 0.05) is 42.1 Å². The number of rotatable bonds is 4. The SMILES string of the molecule is COc1cccc2cc(-c3cc(=O)oc4c5c(ccc34)OCN(CC3CCCO3)C5)c(=O)oc12. The van der Waals surface area contributed by atoms with E-state index in [9.17, 15) is 9.59 Å². The Morgan fingerprint density at radius 1 is 1.06 bits per heavy atom. The number of hydrogen-bond acceptors (Lipinski definition) is 8. The van der Waals surface area contributed by atoms with Gasteiger partial charge < -0.3 is 23.0 Å². The molecule has 0 amide bonds. The summed E-state index contributed by atoms with van der Waals surface area (Å²) in [6.45, 7) is 2.54. The molecule has 1 saturated heterocycles. The first-order valence-electron chi connectivity index (χ1n) is 11.3. The molecule has 4 heterocycles. The van der Waals surface area contributed by atoms with Crippen LogP contribution >= 0.6 is 0 Å². The fourth-order valence-electron chi connectivity index (χ4n) is 4.86. The van der Waals surface area contributed by atoms with E-state index in [2.05, 4.69) is 4.90 Å². The molecule has 34 heavy (non-hydrogen) atoms. The number of benzene rings is 2. The molecule has 0 spiro atoms. The molecule has 2 aromatic carbocycles. The summed E-state index contributed by atoms with van der Waals surface area (Å²) in [5.74, 6) is 1.14. The number of hydrogen-bond donors (Lipinski definition) is 0. The summed E-state index contributed by atoms with van der Waals surface area (Å²) in [7, 11) is 1.52. The monoisotopic (exact) mass is 461 g/mol. The quantitative estimate of drug-likeness (QED) is 0.423. The highest BCUT2D eigenvalue weighted by molar-refractivity contribution is 5.97. The van der Waals surface area contributed by atoms with Gasteiger partial charge in [0.05, 0.1) is 24.3 Å². The molecule has 0 N–H and O–H groups in total. The van der Waals surface area contributed by atoms with Crippen molar-refractivity contribution < 1.29 is 23.0 Å². The number of fused-ring (bicyclic) bond motifs is 4. The molecule has 0 aliphatic carbocycles. The molecule has 8 nitrogen and oxygen atoms in total. The Morgan fingerprint density at radius 2 is 1.97 bits per heavy atom. The van der Waals surface area contributed by atoms with Crippen LogP contribution in [0.15, 0.2) is 60.9 Å². The van der Waals surface area contributed by atoms with Gasteiger partial charge in [0.25, 0.3) is 0 Å². The highest BCUT2D eigenvalue weighted by atomic mass is 16.5. The van der Waals surface area contributed by atoms with Crippen LogP contribution < -0.4 is 20.7 Å². The predicted molar refractivity (Wildman–Crippen MR) is 125 cm³/mol. The maximum atomic E-state index is 13.0. The first kappa shape index (κ1) is 20.9. The van der Waals surface area contributed by atoms with Crippen molar-refractivity contribution in [2.24, 2.45) is 0 Å². The highest BCUT2D eigenvalue weighted by Gasteiger charge is 2.26. The minimum absolute atomic E-state index is 0.182. The summed E-state index contributed by atoms with van der Waals surface area (Å²) in [4.78, 5) is 27.7. The average molecular weight is 461 g/mol. The molecule has 6 rings (SSSR count). The molecule has 2 aliphatic heterocycles. The zero-order valence-corrected chi connectivity index (χ0v) is 18.7. The van der Waals surface area contributed by atoms with Gasteiger partial charge in [0.15, 0.2) is 11.3 Å². The van der Waals surface area contributed by atoms with E-state index in [0.717, 1.165) is 31.6 Å². The molecule has 2 aliphatic rings. The lowest BCUT2D eigenvalue weighted by Crippen LogP contribution is -2.37. The number of ether oxygens (including phenoxy) is 3. The van der Waals surface area contributed by atoms with Gasteiger partial charge in [-0.25, -0.2) is 9.59 Å². The Balaban J connectivity index is 1.48. The lowest BCUT2D eigenvalue weighted by Gasteiger charge is -2.30. The minimum Gasteiger partial charge on any atom is -0.493 e. The molecule has 1 unspecified atom stereocenters. The zero-order valence-electron chi connectivity index (χ0n) is 18.7. The van der Waals surface area contributed by atoms with Crippen LogP contribution in [-0.2, 0) is 11.3 Å². The van der Waals surface area contributed by atoms with Gasteiger partial charge in [-0.15, -0.1) is 0 Å². The van der Waals surface area contributed by atoms with Crippen molar-refractivity contribution in [3.8, 4) is 22.6 Å². The average Bonchev–Trinajstić information content (AvgIpc) is 3.36. The van der Waals surface area contributed by atoms with Crippen molar-refractivity contribution in [1.29, 1.82) is 0 Å². The van der Waals surface area contributed by atoms with Crippen LogP contribution in [0.1, 0.15) is 18.4 Å². The Labute approximate surface area is 194 Å². The first-order valence-corrected chi connectivity index (χ1v) is 11.3. The summed E-state index contributed by atoms with van der Waals surface area (Å²) in [6.07, 6.45) is 2.28. The number of nitrogens with zero attached hydrogens (tertiary/aromatic N) is 1. The second-order valence-electron chi connectivity index (χ2n) is 8.64. The van der Waals surface area contributed by atoms with E-state index in [0.29, 0.717) is 52.3 Å². The van der Waals surface area contributed by atoms with Gasteiger partial charge >= 0.3 is 11.3 Å². The second-order valence-corrected chi connectivity index (χ2v) is 8.64. The van der Waals surface area contributed by atoms with Crippen molar-refractivity contribution in [3.63, 3.8) is 0 Å². The van der Waals surface area contributed by atoms with Gasteiger partial charge in [-0.2, -0.15) is 0 Å². The Kier molecular flexibility index (Phi) is 5.12. The normalized spacial score (nSPS) is 18.2. The molecule has 8 heteroatoms. The second kappa shape index (κ2) is 8.30. The maximum Gasteiger partial charge on any atom is 0.344 e. The fourth-order valence-corrected chi connectivity index (χ4v) is 4.86. The van der Waals surface area contributed by atoms with E-state index in [1.54, 1.807) is 12.1 Å². The third-order valence-corrected chi connectivity index (χ3v) is 6.48. The lowest BCUT2D eigenvalue weighted by atomic mass is 9.99. The van der Waals surface area contributed by atoms with Crippen molar-refractivity contribution >= 4 is 21.9 Å². The molecule has 0 radical (unpaired) electrons. The molecule has 2 aromatic heterocycles. The van der Waals surface area contributed by atoms with Crippen molar-refractivity contribution in [2.75, 3.05) is 27.0 Å². The highest BCUT2D eigenvalue weighted by Crippen LogP contribution is 2.36. The standard InChI is InChI=1S/C26H23NO7/c1-30-22-6-2-4-15-10-19(26(29)34-24(15)22)18-11-23(28)33-25-17(18)7-8-21-20(25)13-27(14-32-21)12-16-5-3-9-31-16/h2,4,6-8,10-11,16H,3,5,9,12-14H2,1H3. The molecular formula is C26H23NO7. The van der Waals surface area contributed by atoms with Crippen molar-refractivity contribution in [3.05, 3.63) is 68.9 Å². The molecule has 4 aromatic rings. The van der Waals surface area contributed by atoms with E-state index in [1.807, 2.05) is 24.3 Å². The van der Waals surface area contributed by atoms with Crippen LogP contribution in [0.25, 0.3) is 33.1 Å². The Morgan fingerprint density at radius 3 is 2.79 bits per heavy atom. The zero-order chi connectivity index (χ0) is 23.2. The van der Waals surface area contributed by atoms with Gasteiger partial charge in [0.2, 0.25) is 0 Å². The van der Waals surface area contributed by atoms with Gasteiger partial charge in [0.1, 0.15) is 18.1 Å². The molecule has 174 valence electrons. The molecule has 1 fully saturated rings. The molecule has 0 bridgehead atoms. The third-order valence-electron chi connectivity index (χ3n) is 6.48. The fraction of sp³-hybridized carbons (Fsp3) is 0.308. The summed E-state index contributed by atoms with van der Waals surface area (Å²) >= 11 is 0. The lowest BCUT2D eigenvalue weighted by molar-refractivity contribution is 0.0281. The van der Waals surface area contributed by atoms with Gasteiger partial charge in [-0.05, 0) is 37.1 Å². The predicted octanol–water partition coefficient (Wildman–Crippen LogP) is 3.91. The topological polar surface area (TPSA) is 91.4 Å². The van der Waals surface area contributed by atoms with E-state index in [4.69, 9.17) is 23.0 Å². The summed E-state index contributed by atoms with van der Waals surface area (Å²) in [6, 6.07) is 12.1. The van der Waals surface area contributed by atoms with Crippen LogP contribution in [-0.4, -0.2) is 38.0 Å². The summed E-state index contributed by atoms with van der Waals surface area (Å²) in [5, 5.41) is 1.34. The largest absolute Gasteiger partial charge is 0.493 e. The van der Waals surface area contributed by atoms with Crippen molar-refractivity contribution in [2.45, 2.75) is 25.5 Å². The summed E-state index contributed by atoms with van der Waals surface area (Å²) in [5.41, 5.74) is 1.21. The third kappa shape index (κ3) is 3.55.